The molecule has 4 heterocycles. The topological polar surface area (TPSA) is 69.8 Å². The highest BCUT2D eigenvalue weighted by Gasteiger charge is 2.12. The van der Waals surface area contributed by atoms with E-state index in [1.807, 2.05) is 19.2 Å². The molecule has 0 saturated carbocycles. The van der Waals surface area contributed by atoms with Gasteiger partial charge in [-0.25, -0.2) is 9.97 Å². The molecule has 5 rings (SSSR count). The summed E-state index contributed by atoms with van der Waals surface area (Å²) in [5, 5.41) is 1.22. The predicted octanol–water partition coefficient (Wildman–Crippen LogP) is 3.29. The molecule has 138 valence electrons. The number of ether oxygens (including phenoxy) is 1. The van der Waals surface area contributed by atoms with Crippen LogP contribution in [0.4, 0.5) is 0 Å². The quantitative estimate of drug-likeness (QED) is 0.585. The highest BCUT2D eigenvalue weighted by Crippen LogP contribution is 2.29. The van der Waals surface area contributed by atoms with Crippen molar-refractivity contribution in [2.45, 2.75) is 13.3 Å². The van der Waals surface area contributed by atoms with Crippen molar-refractivity contribution in [3.8, 4) is 11.3 Å². The molecule has 1 saturated heterocycles. The number of aryl methyl sites for hydroxylation is 1. The van der Waals surface area contributed by atoms with E-state index in [1.165, 1.54) is 16.5 Å². The number of fused-ring (bicyclic) bond motifs is 2. The number of imidazole rings is 1. The molecule has 6 heteroatoms. The standard InChI is InChI=1S/C21H23N5O/c1-14-23-20-17(4-6-22-21(20)24-14)19-13-16-3-2-15(12-18(16)25-19)5-7-26-8-10-27-11-9-26/h2-4,6,12-13,25H,5,7-11H2,1H3,(H,22,23,24). The summed E-state index contributed by atoms with van der Waals surface area (Å²) in [4.78, 5) is 18.2. The van der Waals surface area contributed by atoms with E-state index in [9.17, 15) is 0 Å². The zero-order chi connectivity index (χ0) is 18.2. The summed E-state index contributed by atoms with van der Waals surface area (Å²) >= 11 is 0. The maximum absolute atomic E-state index is 5.43. The van der Waals surface area contributed by atoms with Gasteiger partial charge in [-0.05, 0) is 37.1 Å². The van der Waals surface area contributed by atoms with Gasteiger partial charge in [0.25, 0.3) is 0 Å². The number of aromatic nitrogens is 4. The van der Waals surface area contributed by atoms with Crippen LogP contribution < -0.4 is 0 Å². The van der Waals surface area contributed by atoms with Crippen molar-refractivity contribution in [3.63, 3.8) is 0 Å². The smallest absolute Gasteiger partial charge is 0.158 e. The Morgan fingerprint density at radius 3 is 2.89 bits per heavy atom. The minimum absolute atomic E-state index is 0.829. The number of nitrogens with zero attached hydrogens (tertiary/aromatic N) is 3. The molecule has 1 fully saturated rings. The Kier molecular flexibility index (Phi) is 4.14. The molecule has 0 radical (unpaired) electrons. The van der Waals surface area contributed by atoms with E-state index < -0.39 is 0 Å². The van der Waals surface area contributed by atoms with Crippen molar-refractivity contribution in [2.24, 2.45) is 0 Å². The molecule has 1 aromatic carbocycles. The van der Waals surface area contributed by atoms with Gasteiger partial charge in [0.1, 0.15) is 11.3 Å². The van der Waals surface area contributed by atoms with Crippen LogP contribution in [0.3, 0.4) is 0 Å². The van der Waals surface area contributed by atoms with E-state index in [1.54, 1.807) is 0 Å². The second kappa shape index (κ2) is 6.79. The average molecular weight is 361 g/mol. The van der Waals surface area contributed by atoms with Gasteiger partial charge in [-0.2, -0.15) is 0 Å². The normalized spacial score (nSPS) is 15.7. The van der Waals surface area contributed by atoms with Gasteiger partial charge < -0.3 is 14.7 Å². The maximum atomic E-state index is 5.43. The molecular weight excluding hydrogens is 338 g/mol. The number of rotatable bonds is 4. The Morgan fingerprint density at radius 1 is 1.11 bits per heavy atom. The molecule has 6 nitrogen and oxygen atoms in total. The van der Waals surface area contributed by atoms with Gasteiger partial charge >= 0.3 is 0 Å². The monoisotopic (exact) mass is 361 g/mol. The summed E-state index contributed by atoms with van der Waals surface area (Å²) in [5.41, 5.74) is 6.42. The van der Waals surface area contributed by atoms with Crippen molar-refractivity contribution in [1.29, 1.82) is 0 Å². The number of pyridine rings is 1. The molecular formula is C21H23N5O. The summed E-state index contributed by atoms with van der Waals surface area (Å²) in [7, 11) is 0. The SMILES string of the molecule is Cc1nc2c(-c3cc4ccc(CCN5CCOCC5)cc4[nH]3)ccnc2[nH]1. The van der Waals surface area contributed by atoms with Crippen LogP contribution in [-0.4, -0.2) is 57.7 Å². The Bertz CT molecular complexity index is 1090. The van der Waals surface area contributed by atoms with Gasteiger partial charge in [0.2, 0.25) is 0 Å². The lowest BCUT2D eigenvalue weighted by Crippen LogP contribution is -2.37. The Balaban J connectivity index is 1.43. The fourth-order valence-corrected chi connectivity index (χ4v) is 3.83. The summed E-state index contributed by atoms with van der Waals surface area (Å²) < 4.78 is 5.43. The highest BCUT2D eigenvalue weighted by atomic mass is 16.5. The number of nitrogens with one attached hydrogen (secondary N) is 2. The van der Waals surface area contributed by atoms with Crippen LogP contribution in [0.1, 0.15) is 11.4 Å². The zero-order valence-electron chi connectivity index (χ0n) is 15.5. The molecule has 1 aliphatic rings. The first-order chi connectivity index (χ1) is 13.3. The Hall–Kier alpha value is -2.70. The molecule has 2 N–H and O–H groups in total. The van der Waals surface area contributed by atoms with E-state index in [2.05, 4.69) is 49.1 Å². The van der Waals surface area contributed by atoms with Crippen molar-refractivity contribution < 1.29 is 4.74 Å². The summed E-state index contributed by atoms with van der Waals surface area (Å²) in [6.07, 6.45) is 2.89. The van der Waals surface area contributed by atoms with Crippen LogP contribution in [0.25, 0.3) is 33.3 Å². The van der Waals surface area contributed by atoms with Crippen molar-refractivity contribution >= 4 is 22.1 Å². The maximum Gasteiger partial charge on any atom is 0.158 e. The number of hydrogen-bond acceptors (Lipinski definition) is 4. The Morgan fingerprint density at radius 2 is 2.00 bits per heavy atom. The van der Waals surface area contributed by atoms with Crippen LogP contribution in [0.2, 0.25) is 0 Å². The van der Waals surface area contributed by atoms with Crippen LogP contribution >= 0.6 is 0 Å². The van der Waals surface area contributed by atoms with E-state index >= 15 is 0 Å². The van der Waals surface area contributed by atoms with Gasteiger partial charge in [-0.3, -0.25) is 4.90 Å². The predicted molar refractivity (Wildman–Crippen MR) is 107 cm³/mol. The first-order valence-electron chi connectivity index (χ1n) is 9.50. The van der Waals surface area contributed by atoms with Crippen LogP contribution in [0.15, 0.2) is 36.5 Å². The summed E-state index contributed by atoms with van der Waals surface area (Å²) in [6, 6.07) is 10.9. The minimum Gasteiger partial charge on any atom is -0.379 e. The first-order valence-corrected chi connectivity index (χ1v) is 9.50. The van der Waals surface area contributed by atoms with E-state index in [4.69, 9.17) is 4.74 Å². The van der Waals surface area contributed by atoms with Crippen molar-refractivity contribution in [1.82, 2.24) is 24.8 Å². The first kappa shape index (κ1) is 16.5. The molecule has 0 bridgehead atoms. The lowest BCUT2D eigenvalue weighted by atomic mass is 10.1. The van der Waals surface area contributed by atoms with E-state index in [0.29, 0.717) is 0 Å². The molecule has 1 aliphatic heterocycles. The van der Waals surface area contributed by atoms with Gasteiger partial charge in [0, 0.05) is 48.0 Å². The highest BCUT2D eigenvalue weighted by molar-refractivity contribution is 5.94. The molecule has 0 amide bonds. The van der Waals surface area contributed by atoms with Crippen LogP contribution in [-0.2, 0) is 11.2 Å². The van der Waals surface area contributed by atoms with E-state index in [-0.39, 0.29) is 0 Å². The largest absolute Gasteiger partial charge is 0.379 e. The lowest BCUT2D eigenvalue weighted by Gasteiger charge is -2.26. The van der Waals surface area contributed by atoms with Gasteiger partial charge in [-0.1, -0.05) is 12.1 Å². The number of H-pyrrole nitrogens is 2. The fourth-order valence-electron chi connectivity index (χ4n) is 3.83. The number of benzene rings is 1. The minimum atomic E-state index is 0.829. The molecule has 4 aromatic rings. The lowest BCUT2D eigenvalue weighted by molar-refractivity contribution is 0.0384. The van der Waals surface area contributed by atoms with E-state index in [0.717, 1.165) is 67.5 Å². The third-order valence-corrected chi connectivity index (χ3v) is 5.30. The van der Waals surface area contributed by atoms with Crippen molar-refractivity contribution in [2.75, 3.05) is 32.8 Å². The third-order valence-electron chi connectivity index (χ3n) is 5.30. The molecule has 0 spiro atoms. The third kappa shape index (κ3) is 3.22. The number of morpholine rings is 1. The molecule has 3 aromatic heterocycles. The molecule has 0 aliphatic carbocycles. The average Bonchev–Trinajstić information content (AvgIpc) is 3.28. The summed E-state index contributed by atoms with van der Waals surface area (Å²) in [6.45, 7) is 6.82. The number of aromatic amines is 2. The Labute approximate surface area is 157 Å². The van der Waals surface area contributed by atoms with Gasteiger partial charge in [0.15, 0.2) is 5.65 Å². The van der Waals surface area contributed by atoms with Crippen LogP contribution in [0, 0.1) is 6.92 Å². The van der Waals surface area contributed by atoms with Crippen LogP contribution in [0.5, 0.6) is 0 Å². The summed E-state index contributed by atoms with van der Waals surface area (Å²) in [5.74, 6) is 0.881. The zero-order valence-corrected chi connectivity index (χ0v) is 15.5. The number of hydrogen-bond donors (Lipinski definition) is 2. The molecule has 27 heavy (non-hydrogen) atoms. The fraction of sp³-hybridized carbons (Fsp3) is 0.333. The second-order valence-electron chi connectivity index (χ2n) is 7.19. The molecule has 0 unspecified atom stereocenters. The second-order valence-corrected chi connectivity index (χ2v) is 7.19. The van der Waals surface area contributed by atoms with Crippen molar-refractivity contribution in [3.05, 3.63) is 47.9 Å². The van der Waals surface area contributed by atoms with Gasteiger partial charge in [0.05, 0.1) is 13.2 Å². The van der Waals surface area contributed by atoms with Gasteiger partial charge in [-0.15, -0.1) is 0 Å². The molecule has 0 atom stereocenters.